The van der Waals surface area contributed by atoms with Gasteiger partial charge in [0.2, 0.25) is 0 Å². The van der Waals surface area contributed by atoms with Crippen LogP contribution in [-0.4, -0.2) is 25.5 Å². The zero-order valence-electron chi connectivity index (χ0n) is 8.13. The maximum absolute atomic E-state index is 5.77. The summed E-state index contributed by atoms with van der Waals surface area (Å²) in [6, 6.07) is 0. The van der Waals surface area contributed by atoms with Crippen LogP contribution in [0.5, 0.6) is 0 Å². The average molecular weight is 185 g/mol. The van der Waals surface area contributed by atoms with E-state index in [9.17, 15) is 0 Å². The lowest BCUT2D eigenvalue weighted by Crippen LogP contribution is -2.42. The number of nitrogens with two attached hydrogens (primary N) is 1. The summed E-state index contributed by atoms with van der Waals surface area (Å²) in [7, 11) is 0. The van der Waals surface area contributed by atoms with Crippen LogP contribution in [0.4, 0.5) is 0 Å². The van der Waals surface area contributed by atoms with Crippen LogP contribution in [0.1, 0.15) is 32.1 Å². The molecule has 2 aliphatic rings. The molecule has 1 heterocycles. The molecule has 1 aliphatic carbocycles. The topological polar surface area (TPSA) is 44.5 Å². The average Bonchev–Trinajstić information content (AvgIpc) is 2.59. The van der Waals surface area contributed by atoms with Gasteiger partial charge in [-0.2, -0.15) is 0 Å². The molecule has 0 unspecified atom stereocenters. The lowest BCUT2D eigenvalue weighted by atomic mass is 9.81. The summed E-state index contributed by atoms with van der Waals surface area (Å²) in [5.74, 6) is 0.297. The summed E-state index contributed by atoms with van der Waals surface area (Å²) in [5, 5.41) is 0. The highest BCUT2D eigenvalue weighted by Crippen LogP contribution is 2.41. The second-order valence-electron chi connectivity index (χ2n) is 4.03. The van der Waals surface area contributed by atoms with Crippen molar-refractivity contribution < 1.29 is 9.47 Å². The van der Waals surface area contributed by atoms with Crippen molar-refractivity contribution in [3.63, 3.8) is 0 Å². The van der Waals surface area contributed by atoms with Crippen LogP contribution in [-0.2, 0) is 9.47 Å². The summed E-state index contributed by atoms with van der Waals surface area (Å²) >= 11 is 0. The summed E-state index contributed by atoms with van der Waals surface area (Å²) in [6.45, 7) is 2.28. The van der Waals surface area contributed by atoms with Gasteiger partial charge in [-0.15, -0.1) is 0 Å². The third-order valence-corrected chi connectivity index (χ3v) is 3.24. The molecule has 0 radical (unpaired) electrons. The van der Waals surface area contributed by atoms with E-state index in [1.807, 2.05) is 0 Å². The van der Waals surface area contributed by atoms with E-state index < -0.39 is 0 Å². The molecule has 0 bridgehead atoms. The van der Waals surface area contributed by atoms with Gasteiger partial charge in [0, 0.05) is 12.3 Å². The molecule has 13 heavy (non-hydrogen) atoms. The van der Waals surface area contributed by atoms with Gasteiger partial charge in [-0.25, -0.2) is 0 Å². The maximum atomic E-state index is 5.77. The third-order valence-electron chi connectivity index (χ3n) is 3.24. The van der Waals surface area contributed by atoms with E-state index in [2.05, 4.69) is 0 Å². The van der Waals surface area contributed by atoms with Crippen molar-refractivity contribution in [1.29, 1.82) is 0 Å². The Bertz CT molecular complexity index is 164. The first-order valence-corrected chi connectivity index (χ1v) is 5.35. The van der Waals surface area contributed by atoms with Gasteiger partial charge in [0.25, 0.3) is 0 Å². The van der Waals surface area contributed by atoms with Crippen molar-refractivity contribution in [2.75, 3.05) is 19.8 Å². The van der Waals surface area contributed by atoms with Crippen molar-refractivity contribution in [3.05, 3.63) is 0 Å². The molecule has 0 aromatic rings. The van der Waals surface area contributed by atoms with Gasteiger partial charge in [-0.1, -0.05) is 6.42 Å². The van der Waals surface area contributed by atoms with E-state index in [0.29, 0.717) is 5.92 Å². The molecule has 1 atom stereocenters. The molecule has 0 aromatic heterocycles. The fourth-order valence-electron chi connectivity index (χ4n) is 2.60. The minimum Gasteiger partial charge on any atom is -0.347 e. The van der Waals surface area contributed by atoms with Crippen molar-refractivity contribution >= 4 is 0 Å². The highest BCUT2D eigenvalue weighted by molar-refractivity contribution is 4.86. The number of hydrogen-bond donors (Lipinski definition) is 1. The van der Waals surface area contributed by atoms with Crippen molar-refractivity contribution in [2.24, 2.45) is 11.7 Å². The number of ether oxygens (including phenoxy) is 2. The first-order valence-electron chi connectivity index (χ1n) is 5.35. The van der Waals surface area contributed by atoms with Crippen molar-refractivity contribution in [3.8, 4) is 0 Å². The SMILES string of the molecule is NCC[C@H]1CCCCC12OCCO2. The first kappa shape index (κ1) is 9.44. The molecule has 76 valence electrons. The lowest BCUT2D eigenvalue weighted by Gasteiger charge is -2.39. The third kappa shape index (κ3) is 1.73. The zero-order chi connectivity index (χ0) is 9.15. The Morgan fingerprint density at radius 2 is 2.00 bits per heavy atom. The van der Waals surface area contributed by atoms with Crippen molar-refractivity contribution in [1.82, 2.24) is 0 Å². The van der Waals surface area contributed by atoms with Gasteiger partial charge >= 0.3 is 0 Å². The Morgan fingerprint density at radius 1 is 1.23 bits per heavy atom. The van der Waals surface area contributed by atoms with Crippen LogP contribution in [0.2, 0.25) is 0 Å². The molecular formula is C10H19NO2. The summed E-state index contributed by atoms with van der Waals surface area (Å²) in [6.07, 6.45) is 5.87. The largest absolute Gasteiger partial charge is 0.347 e. The summed E-state index contributed by atoms with van der Waals surface area (Å²) in [5.41, 5.74) is 5.60. The highest BCUT2D eigenvalue weighted by atomic mass is 16.7. The molecule has 2 fully saturated rings. The predicted octanol–water partition coefficient (Wildman–Crippen LogP) is 1.27. The van der Waals surface area contributed by atoms with Crippen LogP contribution in [0.3, 0.4) is 0 Å². The molecule has 1 saturated carbocycles. The monoisotopic (exact) mass is 185 g/mol. The van der Waals surface area contributed by atoms with Gasteiger partial charge < -0.3 is 15.2 Å². The fraction of sp³-hybridized carbons (Fsp3) is 1.00. The molecule has 1 spiro atoms. The second kappa shape index (κ2) is 3.95. The normalized spacial score (nSPS) is 32.5. The Balaban J connectivity index is 2.03. The predicted molar refractivity (Wildman–Crippen MR) is 50.3 cm³/mol. The first-order chi connectivity index (χ1) is 6.37. The molecule has 2 N–H and O–H groups in total. The Kier molecular flexibility index (Phi) is 2.86. The van der Waals surface area contributed by atoms with E-state index in [4.69, 9.17) is 15.2 Å². The lowest BCUT2D eigenvalue weighted by molar-refractivity contribution is -0.213. The minimum absolute atomic E-state index is 0.238. The van der Waals surface area contributed by atoms with E-state index >= 15 is 0 Å². The van der Waals surface area contributed by atoms with E-state index in [1.165, 1.54) is 19.3 Å². The molecule has 0 aromatic carbocycles. The fourth-order valence-corrected chi connectivity index (χ4v) is 2.60. The Morgan fingerprint density at radius 3 is 2.69 bits per heavy atom. The standard InChI is InChI=1S/C10H19NO2/c11-6-4-9-3-1-2-5-10(9)12-7-8-13-10/h9H,1-8,11H2/t9-/m1/s1. The summed E-state index contributed by atoms with van der Waals surface area (Å²) < 4.78 is 11.5. The number of hydrogen-bond acceptors (Lipinski definition) is 3. The van der Waals surface area contributed by atoms with E-state index in [1.54, 1.807) is 0 Å². The minimum atomic E-state index is -0.238. The molecule has 1 saturated heterocycles. The Labute approximate surface area is 79.6 Å². The molecule has 1 aliphatic heterocycles. The van der Waals surface area contributed by atoms with Gasteiger partial charge in [0.1, 0.15) is 0 Å². The molecule has 0 amide bonds. The molecule has 3 heteroatoms. The van der Waals surface area contributed by atoms with Gasteiger partial charge in [0.15, 0.2) is 5.79 Å². The van der Waals surface area contributed by atoms with Gasteiger partial charge in [0.05, 0.1) is 13.2 Å². The maximum Gasteiger partial charge on any atom is 0.171 e. The molecule has 3 nitrogen and oxygen atoms in total. The number of rotatable bonds is 2. The quantitative estimate of drug-likeness (QED) is 0.704. The van der Waals surface area contributed by atoms with Gasteiger partial charge in [-0.3, -0.25) is 0 Å². The highest BCUT2D eigenvalue weighted by Gasteiger charge is 2.44. The summed E-state index contributed by atoms with van der Waals surface area (Å²) in [4.78, 5) is 0. The van der Waals surface area contributed by atoms with Crippen LogP contribution >= 0.6 is 0 Å². The molecule has 2 rings (SSSR count). The van der Waals surface area contributed by atoms with Crippen LogP contribution in [0.15, 0.2) is 0 Å². The van der Waals surface area contributed by atoms with Gasteiger partial charge in [-0.05, 0) is 25.8 Å². The van der Waals surface area contributed by atoms with E-state index in [-0.39, 0.29) is 5.79 Å². The van der Waals surface area contributed by atoms with Crippen LogP contribution < -0.4 is 5.73 Å². The Hall–Kier alpha value is -0.120. The van der Waals surface area contributed by atoms with Crippen LogP contribution in [0, 0.1) is 5.92 Å². The molecular weight excluding hydrogens is 166 g/mol. The van der Waals surface area contributed by atoms with Crippen molar-refractivity contribution in [2.45, 2.75) is 37.9 Å². The second-order valence-corrected chi connectivity index (χ2v) is 4.03. The smallest absolute Gasteiger partial charge is 0.171 e. The van der Waals surface area contributed by atoms with Crippen LogP contribution in [0.25, 0.3) is 0 Å². The van der Waals surface area contributed by atoms with E-state index in [0.717, 1.165) is 32.6 Å². The zero-order valence-corrected chi connectivity index (χ0v) is 8.13.